The van der Waals surface area contributed by atoms with Crippen LogP contribution in [0.1, 0.15) is 31.7 Å². The third-order valence-electron chi connectivity index (χ3n) is 4.94. The van der Waals surface area contributed by atoms with Gasteiger partial charge >= 0.3 is 6.03 Å². The van der Waals surface area contributed by atoms with E-state index < -0.39 is 21.4 Å². The van der Waals surface area contributed by atoms with Crippen LogP contribution in [0.5, 0.6) is 0 Å². The minimum absolute atomic E-state index is 0.0367. The predicted molar refractivity (Wildman–Crippen MR) is 99.8 cm³/mol. The zero-order valence-electron chi connectivity index (χ0n) is 15.0. The number of likely N-dealkylation sites (tertiary alicyclic amines) is 1. The van der Waals surface area contributed by atoms with Crippen LogP contribution >= 0.6 is 0 Å². The second-order valence-electron chi connectivity index (χ2n) is 7.44. The average Bonchev–Trinajstić information content (AvgIpc) is 3.17. The number of rotatable bonds is 4. The van der Waals surface area contributed by atoms with Gasteiger partial charge in [0.2, 0.25) is 5.91 Å². The number of nitrogens with one attached hydrogen (secondary N) is 2. The standard InChI is InChI=1S/C18H25N3O4S/c1-18(8-11-26(24,25)13-18)20-17(23)19-15-6-4-14(5-7-15)12-16(22)21-9-2-3-10-21/h4-7H,2-3,8-13H2,1H3,(H2,19,20,23)/t18-/m0/s1. The number of anilines is 1. The molecule has 2 N–H and O–H groups in total. The van der Waals surface area contributed by atoms with Crippen LogP contribution in [0.3, 0.4) is 0 Å². The van der Waals surface area contributed by atoms with Gasteiger partial charge in [0.25, 0.3) is 0 Å². The Bertz CT molecular complexity index is 785. The molecule has 0 bridgehead atoms. The van der Waals surface area contributed by atoms with Crippen molar-refractivity contribution < 1.29 is 18.0 Å². The minimum atomic E-state index is -3.08. The lowest BCUT2D eigenvalue weighted by atomic mass is 10.0. The van der Waals surface area contributed by atoms with Gasteiger partial charge < -0.3 is 15.5 Å². The first-order valence-electron chi connectivity index (χ1n) is 8.91. The molecule has 3 rings (SSSR count). The lowest BCUT2D eigenvalue weighted by Crippen LogP contribution is -2.48. The van der Waals surface area contributed by atoms with Crippen LogP contribution in [-0.2, 0) is 21.1 Å². The highest BCUT2D eigenvalue weighted by Gasteiger charge is 2.39. The summed E-state index contributed by atoms with van der Waals surface area (Å²) in [7, 11) is -3.08. The average molecular weight is 379 g/mol. The molecule has 7 nitrogen and oxygen atoms in total. The summed E-state index contributed by atoms with van der Waals surface area (Å²) >= 11 is 0. The molecule has 0 saturated carbocycles. The Morgan fingerprint density at radius 2 is 1.81 bits per heavy atom. The Morgan fingerprint density at radius 3 is 2.38 bits per heavy atom. The van der Waals surface area contributed by atoms with Crippen molar-refractivity contribution in [2.75, 3.05) is 29.9 Å². The van der Waals surface area contributed by atoms with Gasteiger partial charge in [-0.3, -0.25) is 4.79 Å². The van der Waals surface area contributed by atoms with Crippen molar-refractivity contribution in [2.24, 2.45) is 0 Å². The van der Waals surface area contributed by atoms with Gasteiger partial charge in [0.1, 0.15) is 0 Å². The minimum Gasteiger partial charge on any atom is -0.342 e. The first-order chi connectivity index (χ1) is 12.2. The van der Waals surface area contributed by atoms with Gasteiger partial charge in [-0.25, -0.2) is 13.2 Å². The van der Waals surface area contributed by atoms with Gasteiger partial charge in [0.05, 0.1) is 23.5 Å². The maximum absolute atomic E-state index is 12.2. The smallest absolute Gasteiger partial charge is 0.319 e. The molecule has 2 aliphatic rings. The number of hydrogen-bond donors (Lipinski definition) is 2. The number of hydrogen-bond acceptors (Lipinski definition) is 4. The highest BCUT2D eigenvalue weighted by atomic mass is 32.2. The normalized spacial score (nSPS) is 24.4. The Morgan fingerprint density at radius 1 is 1.15 bits per heavy atom. The predicted octanol–water partition coefficient (Wildman–Crippen LogP) is 1.55. The van der Waals surface area contributed by atoms with Crippen molar-refractivity contribution in [3.05, 3.63) is 29.8 Å². The summed E-state index contributed by atoms with van der Waals surface area (Å²) in [5, 5.41) is 5.47. The van der Waals surface area contributed by atoms with E-state index in [1.54, 1.807) is 19.1 Å². The number of amides is 3. The Kier molecular flexibility index (Phi) is 5.22. The first-order valence-corrected chi connectivity index (χ1v) is 10.7. The molecular formula is C18H25N3O4S. The fraction of sp³-hybridized carbons (Fsp3) is 0.556. The van der Waals surface area contributed by atoms with E-state index in [1.165, 1.54) is 0 Å². The molecule has 2 fully saturated rings. The van der Waals surface area contributed by atoms with Crippen LogP contribution in [0, 0.1) is 0 Å². The van der Waals surface area contributed by atoms with Gasteiger partial charge in [-0.05, 0) is 43.9 Å². The molecule has 2 saturated heterocycles. The summed E-state index contributed by atoms with van der Waals surface area (Å²) in [6.45, 7) is 3.42. The Balaban J connectivity index is 1.52. The van der Waals surface area contributed by atoms with Crippen molar-refractivity contribution in [1.29, 1.82) is 0 Å². The molecule has 1 aromatic carbocycles. The number of carbonyl (C=O) groups is 2. The molecule has 1 aromatic rings. The lowest BCUT2D eigenvalue weighted by Gasteiger charge is -2.24. The number of sulfone groups is 1. The van der Waals surface area contributed by atoms with E-state index in [9.17, 15) is 18.0 Å². The molecule has 2 heterocycles. The molecule has 3 amide bonds. The molecule has 142 valence electrons. The van der Waals surface area contributed by atoms with Crippen LogP contribution in [0.2, 0.25) is 0 Å². The summed E-state index contributed by atoms with van der Waals surface area (Å²) in [5.41, 5.74) is 0.774. The van der Waals surface area contributed by atoms with Crippen molar-refractivity contribution >= 4 is 27.5 Å². The number of benzene rings is 1. The van der Waals surface area contributed by atoms with E-state index in [-0.39, 0.29) is 17.4 Å². The van der Waals surface area contributed by atoms with Crippen LogP contribution in [0.4, 0.5) is 10.5 Å². The Labute approximate surface area is 154 Å². The van der Waals surface area contributed by atoms with Crippen LogP contribution < -0.4 is 10.6 Å². The zero-order chi connectivity index (χ0) is 18.8. The molecule has 0 aromatic heterocycles. The summed E-state index contributed by atoms with van der Waals surface area (Å²) in [5.74, 6) is 0.199. The van der Waals surface area contributed by atoms with Gasteiger partial charge in [-0.1, -0.05) is 12.1 Å². The van der Waals surface area contributed by atoms with Crippen molar-refractivity contribution in [1.82, 2.24) is 10.2 Å². The van der Waals surface area contributed by atoms with Gasteiger partial charge in [0, 0.05) is 18.8 Å². The molecular weight excluding hydrogens is 354 g/mol. The molecule has 0 radical (unpaired) electrons. The number of nitrogens with zero attached hydrogens (tertiary/aromatic N) is 1. The first kappa shape index (κ1) is 18.7. The van der Waals surface area contributed by atoms with E-state index in [1.807, 2.05) is 17.0 Å². The Hall–Kier alpha value is -2.09. The molecule has 0 unspecified atom stereocenters. The van der Waals surface area contributed by atoms with E-state index in [0.29, 0.717) is 18.5 Å². The van der Waals surface area contributed by atoms with E-state index >= 15 is 0 Å². The largest absolute Gasteiger partial charge is 0.342 e. The summed E-state index contributed by atoms with van der Waals surface area (Å²) in [6.07, 6.45) is 2.93. The number of urea groups is 1. The fourth-order valence-corrected chi connectivity index (χ4v) is 5.60. The van der Waals surface area contributed by atoms with E-state index in [2.05, 4.69) is 10.6 Å². The molecule has 2 aliphatic heterocycles. The van der Waals surface area contributed by atoms with Gasteiger partial charge in [0.15, 0.2) is 9.84 Å². The van der Waals surface area contributed by atoms with E-state index in [4.69, 9.17) is 0 Å². The third-order valence-corrected chi connectivity index (χ3v) is 6.85. The van der Waals surface area contributed by atoms with Crippen molar-refractivity contribution in [3.63, 3.8) is 0 Å². The van der Waals surface area contributed by atoms with Crippen LogP contribution in [-0.4, -0.2) is 55.4 Å². The van der Waals surface area contributed by atoms with E-state index in [0.717, 1.165) is 31.5 Å². The van der Waals surface area contributed by atoms with Crippen LogP contribution in [0.15, 0.2) is 24.3 Å². The maximum Gasteiger partial charge on any atom is 0.319 e. The fourth-order valence-electron chi connectivity index (χ4n) is 3.50. The molecule has 26 heavy (non-hydrogen) atoms. The quantitative estimate of drug-likeness (QED) is 0.830. The van der Waals surface area contributed by atoms with Crippen LogP contribution in [0.25, 0.3) is 0 Å². The molecule has 0 spiro atoms. The summed E-state index contributed by atoms with van der Waals surface area (Å²) in [6, 6.07) is 6.72. The van der Waals surface area contributed by atoms with Crippen molar-refractivity contribution in [3.8, 4) is 0 Å². The highest BCUT2D eigenvalue weighted by Crippen LogP contribution is 2.23. The van der Waals surface area contributed by atoms with Crippen molar-refractivity contribution in [2.45, 2.75) is 38.1 Å². The second kappa shape index (κ2) is 7.26. The molecule has 0 aliphatic carbocycles. The molecule has 8 heteroatoms. The second-order valence-corrected chi connectivity index (χ2v) is 9.63. The monoisotopic (exact) mass is 379 g/mol. The van der Waals surface area contributed by atoms with Gasteiger partial charge in [-0.15, -0.1) is 0 Å². The summed E-state index contributed by atoms with van der Waals surface area (Å²) < 4.78 is 23.2. The lowest BCUT2D eigenvalue weighted by molar-refractivity contribution is -0.129. The summed E-state index contributed by atoms with van der Waals surface area (Å²) in [4.78, 5) is 26.2. The highest BCUT2D eigenvalue weighted by molar-refractivity contribution is 7.91. The molecule has 1 atom stereocenters. The zero-order valence-corrected chi connectivity index (χ0v) is 15.8. The third kappa shape index (κ3) is 4.75. The topological polar surface area (TPSA) is 95.6 Å². The van der Waals surface area contributed by atoms with Gasteiger partial charge in [-0.2, -0.15) is 0 Å². The SMILES string of the molecule is C[C@]1(NC(=O)Nc2ccc(CC(=O)N3CCCC3)cc2)CCS(=O)(=O)C1. The maximum atomic E-state index is 12.2. The number of carbonyl (C=O) groups excluding carboxylic acids is 2.